The van der Waals surface area contributed by atoms with Crippen molar-refractivity contribution in [2.75, 3.05) is 28.6 Å². The van der Waals surface area contributed by atoms with Crippen molar-refractivity contribution in [2.45, 2.75) is 45.8 Å². The monoisotopic (exact) mass is 572 g/mol. The Kier molecular flexibility index (Phi) is 8.15. The Hall–Kier alpha value is -4.14. The van der Waals surface area contributed by atoms with Crippen LogP contribution in [0.15, 0.2) is 66.7 Å². The Morgan fingerprint density at radius 1 is 1.02 bits per heavy atom. The average molecular weight is 573 g/mol. The van der Waals surface area contributed by atoms with Gasteiger partial charge in [-0.15, -0.1) is 0 Å². The molecule has 212 valence electrons. The lowest BCUT2D eigenvalue weighted by Gasteiger charge is -2.19. The highest BCUT2D eigenvalue weighted by Crippen LogP contribution is 2.39. The zero-order chi connectivity index (χ0) is 29.1. The lowest BCUT2D eigenvalue weighted by atomic mass is 9.99. The molecule has 9 heteroatoms. The first-order valence-electron chi connectivity index (χ1n) is 13.6. The third-order valence-corrected chi connectivity index (χ3v) is 6.99. The lowest BCUT2D eigenvalue weighted by Crippen LogP contribution is -2.31. The van der Waals surface area contributed by atoms with Gasteiger partial charge in [-0.1, -0.05) is 41.9 Å². The van der Waals surface area contributed by atoms with Crippen LogP contribution < -0.4 is 20.9 Å². The Balaban J connectivity index is 1.39. The summed E-state index contributed by atoms with van der Waals surface area (Å²) in [5.74, 6) is -0.411. The van der Waals surface area contributed by atoms with E-state index in [1.165, 1.54) is 0 Å². The van der Waals surface area contributed by atoms with Crippen molar-refractivity contribution in [3.05, 3.63) is 88.4 Å². The molecule has 2 heterocycles. The van der Waals surface area contributed by atoms with Gasteiger partial charge in [-0.2, -0.15) is 0 Å². The number of benzene rings is 3. The van der Waals surface area contributed by atoms with Crippen LogP contribution in [-0.2, 0) is 25.7 Å². The van der Waals surface area contributed by atoms with Gasteiger partial charge in [0, 0.05) is 41.5 Å². The number of esters is 1. The molecule has 3 aromatic carbocycles. The summed E-state index contributed by atoms with van der Waals surface area (Å²) in [6, 6.07) is 20.8. The van der Waals surface area contributed by atoms with Gasteiger partial charge >= 0.3 is 5.97 Å². The summed E-state index contributed by atoms with van der Waals surface area (Å²) in [5.41, 5.74) is 5.45. The van der Waals surface area contributed by atoms with E-state index in [0.717, 1.165) is 34.5 Å². The van der Waals surface area contributed by atoms with E-state index >= 15 is 0 Å². The molecule has 5 rings (SSSR count). The predicted molar refractivity (Wildman–Crippen MR) is 163 cm³/mol. The SMILES string of the molecule is CC(C)(C)OC(=O)CNCc1ccc(N/C(=C2\C(=O)Nc3cc(Cl)ccc32)c2ccc(N3CCCC3=O)cc2)cc1. The molecule has 2 amide bonds. The molecule has 8 nitrogen and oxygen atoms in total. The Bertz CT molecular complexity index is 1510. The number of carbonyl (C=O) groups is 3. The predicted octanol–water partition coefficient (Wildman–Crippen LogP) is 5.83. The van der Waals surface area contributed by atoms with Gasteiger partial charge in [0.05, 0.1) is 23.5 Å². The van der Waals surface area contributed by atoms with Crippen LogP contribution in [0.2, 0.25) is 5.02 Å². The van der Waals surface area contributed by atoms with Crippen molar-refractivity contribution in [3.63, 3.8) is 0 Å². The number of anilines is 3. The number of amides is 2. The van der Waals surface area contributed by atoms with Crippen molar-refractivity contribution >= 4 is 57.7 Å². The molecule has 3 aromatic rings. The Morgan fingerprint density at radius 3 is 2.41 bits per heavy atom. The highest BCUT2D eigenvalue weighted by molar-refractivity contribution is 6.38. The fraction of sp³-hybridized carbons (Fsp3) is 0.281. The summed E-state index contributed by atoms with van der Waals surface area (Å²) in [6.07, 6.45) is 1.41. The number of nitrogens with one attached hydrogen (secondary N) is 3. The number of ether oxygens (including phenoxy) is 1. The second-order valence-corrected chi connectivity index (χ2v) is 11.5. The molecule has 0 spiro atoms. The van der Waals surface area contributed by atoms with Crippen LogP contribution in [0.25, 0.3) is 11.3 Å². The molecule has 2 aliphatic heterocycles. The summed E-state index contributed by atoms with van der Waals surface area (Å²) in [7, 11) is 0. The van der Waals surface area contributed by atoms with Crippen LogP contribution in [-0.4, -0.2) is 36.5 Å². The van der Waals surface area contributed by atoms with Crippen molar-refractivity contribution in [1.29, 1.82) is 0 Å². The lowest BCUT2D eigenvalue weighted by molar-refractivity contribution is -0.153. The van der Waals surface area contributed by atoms with Gasteiger partial charge in [0.1, 0.15) is 5.60 Å². The Labute approximate surface area is 244 Å². The minimum atomic E-state index is -0.521. The largest absolute Gasteiger partial charge is 0.459 e. The number of carbonyl (C=O) groups excluding carboxylic acids is 3. The molecule has 0 atom stereocenters. The quantitative estimate of drug-likeness (QED) is 0.232. The maximum Gasteiger partial charge on any atom is 0.320 e. The van der Waals surface area contributed by atoms with E-state index in [2.05, 4.69) is 16.0 Å². The molecule has 1 fully saturated rings. The molecule has 0 unspecified atom stereocenters. The van der Waals surface area contributed by atoms with Crippen molar-refractivity contribution < 1.29 is 19.1 Å². The van der Waals surface area contributed by atoms with Gasteiger partial charge in [-0.05, 0) is 74.7 Å². The minimum Gasteiger partial charge on any atom is -0.459 e. The molecule has 0 aliphatic carbocycles. The topological polar surface area (TPSA) is 99.8 Å². The Morgan fingerprint density at radius 2 is 1.76 bits per heavy atom. The maximum absolute atomic E-state index is 13.2. The molecular formula is C32H33ClN4O4. The third kappa shape index (κ3) is 6.78. The van der Waals surface area contributed by atoms with Gasteiger partial charge in [0.2, 0.25) is 5.91 Å². The number of nitrogens with zero attached hydrogens (tertiary/aromatic N) is 1. The smallest absolute Gasteiger partial charge is 0.320 e. The summed E-state index contributed by atoms with van der Waals surface area (Å²) in [4.78, 5) is 39.2. The molecule has 1 saturated heterocycles. The summed E-state index contributed by atoms with van der Waals surface area (Å²) < 4.78 is 5.34. The average Bonchev–Trinajstić information content (AvgIpc) is 3.49. The fourth-order valence-corrected chi connectivity index (χ4v) is 5.11. The summed E-state index contributed by atoms with van der Waals surface area (Å²) >= 11 is 6.19. The maximum atomic E-state index is 13.2. The summed E-state index contributed by atoms with van der Waals surface area (Å²) in [5, 5.41) is 10.0. The van der Waals surface area contributed by atoms with Gasteiger partial charge < -0.3 is 25.6 Å². The van der Waals surface area contributed by atoms with Gasteiger partial charge in [-0.3, -0.25) is 14.4 Å². The van der Waals surface area contributed by atoms with Gasteiger partial charge in [0.25, 0.3) is 5.91 Å². The van der Waals surface area contributed by atoms with Crippen LogP contribution in [0.4, 0.5) is 17.1 Å². The van der Waals surface area contributed by atoms with Crippen molar-refractivity contribution in [1.82, 2.24) is 5.32 Å². The van der Waals surface area contributed by atoms with E-state index in [9.17, 15) is 14.4 Å². The van der Waals surface area contributed by atoms with E-state index < -0.39 is 5.60 Å². The number of halogens is 1. The molecule has 3 N–H and O–H groups in total. The molecule has 0 bridgehead atoms. The van der Waals surface area contributed by atoms with Crippen LogP contribution in [0, 0.1) is 0 Å². The van der Waals surface area contributed by atoms with E-state index in [4.69, 9.17) is 16.3 Å². The third-order valence-electron chi connectivity index (χ3n) is 6.76. The first-order chi connectivity index (χ1) is 19.6. The highest BCUT2D eigenvalue weighted by atomic mass is 35.5. The first-order valence-corrected chi connectivity index (χ1v) is 14.0. The number of rotatable bonds is 8. The van der Waals surface area contributed by atoms with E-state index in [-0.39, 0.29) is 24.3 Å². The summed E-state index contributed by atoms with van der Waals surface area (Å²) in [6.45, 7) is 6.84. The first kappa shape index (κ1) is 28.4. The molecule has 0 aromatic heterocycles. The van der Waals surface area contributed by atoms with Crippen molar-refractivity contribution in [2.24, 2.45) is 0 Å². The molecule has 0 radical (unpaired) electrons. The van der Waals surface area contributed by atoms with Gasteiger partial charge in [0.15, 0.2) is 0 Å². The van der Waals surface area contributed by atoms with Crippen LogP contribution in [0.5, 0.6) is 0 Å². The second kappa shape index (κ2) is 11.8. The standard InChI is InChI=1S/C32H33ClN4O4/c1-32(2,3)41-28(39)19-34-18-20-6-11-23(12-7-20)35-30(29-25-15-10-22(33)17-26(25)36-31(29)40)21-8-13-24(14-9-21)37-16-4-5-27(37)38/h6-15,17,34-35H,4-5,16,18-19H2,1-3H3,(H,36,40)/b30-29-. The number of hydrogen-bond donors (Lipinski definition) is 3. The normalized spacial score (nSPS) is 16.0. The van der Waals surface area contributed by atoms with E-state index in [1.807, 2.05) is 75.4 Å². The second-order valence-electron chi connectivity index (χ2n) is 11.1. The molecule has 0 saturated carbocycles. The van der Waals surface area contributed by atoms with E-state index in [1.54, 1.807) is 17.0 Å². The number of fused-ring (bicyclic) bond motifs is 1. The fourth-order valence-electron chi connectivity index (χ4n) is 4.94. The van der Waals surface area contributed by atoms with Crippen LogP contribution >= 0.6 is 11.6 Å². The molecular weight excluding hydrogens is 540 g/mol. The van der Waals surface area contributed by atoms with Crippen LogP contribution in [0.3, 0.4) is 0 Å². The van der Waals surface area contributed by atoms with Crippen LogP contribution in [0.1, 0.15) is 50.3 Å². The molecule has 41 heavy (non-hydrogen) atoms. The van der Waals surface area contributed by atoms with Gasteiger partial charge in [-0.25, -0.2) is 0 Å². The van der Waals surface area contributed by atoms with Crippen molar-refractivity contribution in [3.8, 4) is 0 Å². The zero-order valence-electron chi connectivity index (χ0n) is 23.3. The number of hydrogen-bond acceptors (Lipinski definition) is 6. The molecule has 2 aliphatic rings. The van der Waals surface area contributed by atoms with E-state index in [0.29, 0.717) is 41.5 Å². The zero-order valence-corrected chi connectivity index (χ0v) is 24.1. The highest BCUT2D eigenvalue weighted by Gasteiger charge is 2.29. The minimum absolute atomic E-state index is 0.116.